The fourth-order valence-corrected chi connectivity index (χ4v) is 6.32. The molecule has 2 aromatic heterocycles. The molecule has 10 heteroatoms. The van der Waals surface area contributed by atoms with E-state index in [-0.39, 0.29) is 6.09 Å². The van der Waals surface area contributed by atoms with Gasteiger partial charge in [-0.2, -0.15) is 0 Å². The molecule has 1 saturated carbocycles. The lowest BCUT2D eigenvalue weighted by atomic mass is 9.92. The lowest BCUT2D eigenvalue weighted by molar-refractivity contribution is -0.0356. The molecule has 1 saturated heterocycles. The Morgan fingerprint density at radius 3 is 2.61 bits per heavy atom. The van der Waals surface area contributed by atoms with E-state index in [1.165, 1.54) is 24.2 Å². The highest BCUT2D eigenvalue weighted by Gasteiger charge is 2.40. The van der Waals surface area contributed by atoms with E-state index in [2.05, 4.69) is 10.3 Å². The number of carbonyl (C=O) groups is 1. The molecule has 0 bridgehead atoms. The molecule has 3 aromatic rings. The first-order valence-electron chi connectivity index (χ1n) is 13.2. The largest absolute Gasteiger partial charge is 0.444 e. The summed E-state index contributed by atoms with van der Waals surface area (Å²) in [6.07, 6.45) is 6.82. The number of hydrogen-bond donors (Lipinski definition) is 2. The van der Waals surface area contributed by atoms with Crippen LogP contribution >= 0.6 is 22.9 Å². The van der Waals surface area contributed by atoms with Gasteiger partial charge in [-0.15, -0.1) is 11.3 Å². The van der Waals surface area contributed by atoms with Gasteiger partial charge in [-0.05, 0) is 51.8 Å². The first-order valence-corrected chi connectivity index (χ1v) is 14.4. The first kappa shape index (κ1) is 26.8. The van der Waals surface area contributed by atoms with Crippen LogP contribution in [0.4, 0.5) is 10.7 Å². The van der Waals surface area contributed by atoms with Crippen molar-refractivity contribution in [3.63, 3.8) is 0 Å². The monoisotopic (exact) mass is 555 g/mol. The van der Waals surface area contributed by atoms with Gasteiger partial charge in [-0.1, -0.05) is 36.6 Å². The van der Waals surface area contributed by atoms with Crippen molar-refractivity contribution < 1.29 is 14.6 Å². The Bertz CT molecular complexity index is 1290. The molecule has 38 heavy (non-hydrogen) atoms. The van der Waals surface area contributed by atoms with E-state index in [9.17, 15) is 9.90 Å². The normalized spacial score (nSPS) is 18.0. The number of hydrogen-bond acceptors (Lipinski definition) is 8. The minimum atomic E-state index is -1.16. The fraction of sp³-hybridized carbons (Fsp3) is 0.500. The number of likely N-dealkylation sites (tertiary alicyclic amines) is 1. The van der Waals surface area contributed by atoms with Gasteiger partial charge in [0.25, 0.3) is 0 Å². The van der Waals surface area contributed by atoms with Crippen LogP contribution in [0, 0.1) is 0 Å². The number of aliphatic hydroxyl groups is 1. The van der Waals surface area contributed by atoms with E-state index in [1.807, 2.05) is 51.1 Å². The van der Waals surface area contributed by atoms with Crippen LogP contribution in [0.25, 0.3) is 21.8 Å². The standard InChI is InChI=1S/C28H34ClN5O3S/c1-27(2,3)37-26(35)34-15-12-28(36,13-16-34)24-33-22(18-7-6-8-19(29)17-18)23(38-24)21-11-14-30-25(32-21)31-20-9-4-5-10-20/h6-8,11,14,17,20,36H,4-5,9-10,12-13,15-16H2,1-3H3,(H,30,31,32). The summed E-state index contributed by atoms with van der Waals surface area (Å²) in [5.74, 6) is 0.603. The molecule has 1 aliphatic carbocycles. The van der Waals surface area contributed by atoms with Gasteiger partial charge in [0.1, 0.15) is 16.2 Å². The average molecular weight is 556 g/mol. The third-order valence-corrected chi connectivity index (χ3v) is 8.45. The Morgan fingerprint density at radius 2 is 1.92 bits per heavy atom. The number of thiazole rings is 1. The summed E-state index contributed by atoms with van der Waals surface area (Å²) in [6.45, 7) is 6.32. The molecule has 1 aromatic carbocycles. The lowest BCUT2D eigenvalue weighted by Gasteiger charge is -2.37. The summed E-state index contributed by atoms with van der Waals surface area (Å²) in [5, 5.41) is 16.4. The molecule has 2 fully saturated rings. The Morgan fingerprint density at radius 1 is 1.18 bits per heavy atom. The number of carbonyl (C=O) groups excluding carboxylic acids is 1. The van der Waals surface area contributed by atoms with Crippen LogP contribution in [-0.4, -0.2) is 55.8 Å². The molecule has 3 heterocycles. The molecular weight excluding hydrogens is 522 g/mol. The van der Waals surface area contributed by atoms with Gasteiger partial charge in [-0.3, -0.25) is 0 Å². The van der Waals surface area contributed by atoms with Crippen LogP contribution in [0.2, 0.25) is 5.02 Å². The maximum Gasteiger partial charge on any atom is 0.410 e. The molecular formula is C28H34ClN5O3S. The molecule has 2 N–H and O–H groups in total. The van der Waals surface area contributed by atoms with Crippen molar-refractivity contribution in [2.75, 3.05) is 18.4 Å². The van der Waals surface area contributed by atoms with Gasteiger partial charge >= 0.3 is 6.09 Å². The second-order valence-corrected chi connectivity index (χ2v) is 12.5. The maximum absolute atomic E-state index is 12.6. The molecule has 0 radical (unpaired) electrons. The first-order chi connectivity index (χ1) is 18.1. The molecule has 0 unspecified atom stereocenters. The van der Waals surface area contributed by atoms with E-state index in [0.29, 0.717) is 48.0 Å². The number of nitrogens with one attached hydrogen (secondary N) is 1. The average Bonchev–Trinajstić information content (AvgIpc) is 3.54. The highest BCUT2D eigenvalue weighted by atomic mass is 35.5. The highest BCUT2D eigenvalue weighted by Crippen LogP contribution is 2.43. The van der Waals surface area contributed by atoms with Gasteiger partial charge in [0, 0.05) is 48.8 Å². The highest BCUT2D eigenvalue weighted by molar-refractivity contribution is 7.15. The quantitative estimate of drug-likeness (QED) is 0.371. The van der Waals surface area contributed by atoms with E-state index < -0.39 is 11.2 Å². The van der Waals surface area contributed by atoms with Crippen molar-refractivity contribution >= 4 is 35.0 Å². The number of benzene rings is 1. The third kappa shape index (κ3) is 6.11. The molecule has 202 valence electrons. The van der Waals surface area contributed by atoms with Crippen molar-refractivity contribution in [2.45, 2.75) is 76.5 Å². The maximum atomic E-state index is 12.6. The number of anilines is 1. The van der Waals surface area contributed by atoms with E-state index in [0.717, 1.165) is 34.7 Å². The Labute approximate surface area is 232 Å². The van der Waals surface area contributed by atoms with Crippen molar-refractivity contribution in [1.29, 1.82) is 0 Å². The predicted octanol–water partition coefficient (Wildman–Crippen LogP) is 6.49. The van der Waals surface area contributed by atoms with Gasteiger partial charge in [-0.25, -0.2) is 19.7 Å². The van der Waals surface area contributed by atoms with Crippen molar-refractivity contribution in [2.24, 2.45) is 0 Å². The summed E-state index contributed by atoms with van der Waals surface area (Å²) in [6, 6.07) is 9.82. The zero-order valence-corrected chi connectivity index (χ0v) is 23.6. The molecule has 0 atom stereocenters. The van der Waals surface area contributed by atoms with E-state index in [4.69, 9.17) is 26.3 Å². The van der Waals surface area contributed by atoms with Gasteiger partial charge < -0.3 is 20.1 Å². The SMILES string of the molecule is CC(C)(C)OC(=O)N1CCC(O)(c2nc(-c3cccc(Cl)c3)c(-c3ccnc(NC4CCCC4)n3)s2)CC1. The second kappa shape index (κ2) is 10.8. The third-order valence-electron chi connectivity index (χ3n) is 6.94. The summed E-state index contributed by atoms with van der Waals surface area (Å²) < 4.78 is 5.52. The molecule has 5 rings (SSSR count). The Hall–Kier alpha value is -2.75. The minimum Gasteiger partial charge on any atom is -0.444 e. The van der Waals surface area contributed by atoms with Crippen molar-refractivity contribution in [3.8, 4) is 21.8 Å². The zero-order valence-electron chi connectivity index (χ0n) is 22.0. The number of aromatic nitrogens is 3. The van der Waals surface area contributed by atoms with Crippen LogP contribution in [-0.2, 0) is 10.3 Å². The summed E-state index contributed by atoms with van der Waals surface area (Å²) >= 11 is 7.76. The fourth-order valence-electron chi connectivity index (χ4n) is 4.93. The molecule has 0 spiro atoms. The number of amides is 1. The van der Waals surface area contributed by atoms with E-state index in [1.54, 1.807) is 11.1 Å². The molecule has 1 aliphatic heterocycles. The zero-order chi connectivity index (χ0) is 26.9. The van der Waals surface area contributed by atoms with Crippen LogP contribution < -0.4 is 5.32 Å². The van der Waals surface area contributed by atoms with Crippen molar-refractivity contribution in [1.82, 2.24) is 19.9 Å². The number of halogens is 1. The van der Waals surface area contributed by atoms with E-state index >= 15 is 0 Å². The summed E-state index contributed by atoms with van der Waals surface area (Å²) in [4.78, 5) is 29.3. The minimum absolute atomic E-state index is 0.359. The van der Waals surface area contributed by atoms with Crippen LogP contribution in [0.3, 0.4) is 0 Å². The smallest absolute Gasteiger partial charge is 0.410 e. The second-order valence-electron chi connectivity index (χ2n) is 11.1. The Balaban J connectivity index is 1.45. The molecule has 1 amide bonds. The van der Waals surface area contributed by atoms with Crippen LogP contribution in [0.5, 0.6) is 0 Å². The van der Waals surface area contributed by atoms with Gasteiger partial charge in [0.05, 0.1) is 16.3 Å². The summed E-state index contributed by atoms with van der Waals surface area (Å²) in [5.41, 5.74) is 0.597. The topological polar surface area (TPSA) is 100 Å². The summed E-state index contributed by atoms with van der Waals surface area (Å²) in [7, 11) is 0. The van der Waals surface area contributed by atoms with Crippen LogP contribution in [0.15, 0.2) is 36.5 Å². The molecule has 2 aliphatic rings. The predicted molar refractivity (Wildman–Crippen MR) is 150 cm³/mol. The number of piperidine rings is 1. The lowest BCUT2D eigenvalue weighted by Crippen LogP contribution is -2.46. The van der Waals surface area contributed by atoms with Gasteiger partial charge in [0.2, 0.25) is 5.95 Å². The van der Waals surface area contributed by atoms with Crippen molar-refractivity contribution in [3.05, 3.63) is 46.6 Å². The van der Waals surface area contributed by atoms with Crippen LogP contribution in [0.1, 0.15) is 64.3 Å². The number of rotatable bonds is 5. The number of nitrogens with zero attached hydrogens (tertiary/aromatic N) is 4. The molecule has 8 nitrogen and oxygen atoms in total. The number of ether oxygens (including phenoxy) is 1. The Kier molecular flexibility index (Phi) is 7.62. The van der Waals surface area contributed by atoms with Gasteiger partial charge in [0.15, 0.2) is 0 Å².